The van der Waals surface area contributed by atoms with Crippen molar-refractivity contribution in [1.29, 1.82) is 0 Å². The van der Waals surface area contributed by atoms with Crippen LogP contribution < -0.4 is 10.6 Å². The highest BCUT2D eigenvalue weighted by Gasteiger charge is 2.56. The third-order valence-electron chi connectivity index (χ3n) is 1.97. The summed E-state index contributed by atoms with van der Waals surface area (Å²) in [5.74, 6) is -2.41. The fraction of sp³-hybridized carbons (Fsp3) is 0.750. The Kier molecular flexibility index (Phi) is 4.73. The number of carboxylic acids is 1. The van der Waals surface area contributed by atoms with Crippen molar-refractivity contribution in [2.75, 3.05) is 13.1 Å². The highest BCUT2D eigenvalue weighted by atomic mass is 19.4. The van der Waals surface area contributed by atoms with Gasteiger partial charge in [-0.05, 0) is 6.92 Å². The van der Waals surface area contributed by atoms with Gasteiger partial charge in [0.05, 0.1) is 0 Å². The summed E-state index contributed by atoms with van der Waals surface area (Å²) in [7, 11) is 0. The molecule has 5 nitrogen and oxygen atoms in total. The average Bonchev–Trinajstić information content (AvgIpc) is 2.09. The number of nitrogens with one attached hydrogen (secondary N) is 2. The summed E-state index contributed by atoms with van der Waals surface area (Å²) in [4.78, 5) is 20.9. The Morgan fingerprint density at radius 2 is 1.75 bits per heavy atom. The van der Waals surface area contributed by atoms with Gasteiger partial charge in [-0.3, -0.25) is 10.1 Å². The van der Waals surface area contributed by atoms with Crippen LogP contribution in [0.2, 0.25) is 0 Å². The minimum absolute atomic E-state index is 0.0751. The molecule has 0 aromatic heterocycles. The molecule has 0 saturated carbocycles. The molecule has 0 aliphatic rings. The van der Waals surface area contributed by atoms with Gasteiger partial charge in [0.15, 0.2) is 0 Å². The molecule has 1 unspecified atom stereocenters. The van der Waals surface area contributed by atoms with E-state index in [-0.39, 0.29) is 13.1 Å². The molecule has 0 spiro atoms. The molecule has 3 N–H and O–H groups in total. The van der Waals surface area contributed by atoms with Crippen molar-refractivity contribution in [3.8, 4) is 0 Å². The second-order valence-electron chi connectivity index (χ2n) is 3.34. The van der Waals surface area contributed by atoms with E-state index >= 15 is 0 Å². The molecule has 0 aliphatic carbocycles. The highest BCUT2D eigenvalue weighted by Crippen LogP contribution is 2.30. The van der Waals surface area contributed by atoms with E-state index in [1.54, 1.807) is 0 Å². The molecule has 0 fully saturated rings. The van der Waals surface area contributed by atoms with Crippen LogP contribution in [0.5, 0.6) is 0 Å². The number of carbonyl (C=O) groups is 2. The van der Waals surface area contributed by atoms with Gasteiger partial charge in [0.25, 0.3) is 0 Å². The third kappa shape index (κ3) is 3.69. The number of hydrogen-bond donors (Lipinski definition) is 3. The molecule has 1 amide bonds. The monoisotopic (exact) mass is 242 g/mol. The van der Waals surface area contributed by atoms with Crippen molar-refractivity contribution in [2.24, 2.45) is 0 Å². The van der Waals surface area contributed by atoms with E-state index in [1.807, 2.05) is 5.32 Å². The maximum Gasteiger partial charge on any atom is 0.417 e. The van der Waals surface area contributed by atoms with Gasteiger partial charge in [-0.15, -0.1) is 0 Å². The van der Waals surface area contributed by atoms with Crippen LogP contribution in [0.3, 0.4) is 0 Å². The van der Waals surface area contributed by atoms with Crippen molar-refractivity contribution in [1.82, 2.24) is 10.6 Å². The van der Waals surface area contributed by atoms with Crippen molar-refractivity contribution < 1.29 is 27.9 Å². The van der Waals surface area contributed by atoms with Gasteiger partial charge in [-0.1, -0.05) is 0 Å². The quantitative estimate of drug-likeness (QED) is 0.598. The van der Waals surface area contributed by atoms with Crippen LogP contribution in [-0.2, 0) is 9.59 Å². The molecule has 94 valence electrons. The summed E-state index contributed by atoms with van der Waals surface area (Å²) in [6.07, 6.45) is -4.91. The molecule has 0 bridgehead atoms. The lowest BCUT2D eigenvalue weighted by molar-refractivity contribution is -0.205. The summed E-state index contributed by atoms with van der Waals surface area (Å²) >= 11 is 0. The minimum Gasteiger partial charge on any atom is -0.480 e. The second-order valence-corrected chi connectivity index (χ2v) is 3.34. The maximum atomic E-state index is 12.4. The summed E-state index contributed by atoms with van der Waals surface area (Å²) in [6, 6.07) is 0. The summed E-state index contributed by atoms with van der Waals surface area (Å²) < 4.78 is 37.2. The highest BCUT2D eigenvalue weighted by molar-refractivity contribution is 5.79. The number of halogens is 3. The molecule has 0 heterocycles. The largest absolute Gasteiger partial charge is 0.480 e. The van der Waals surface area contributed by atoms with Gasteiger partial charge < -0.3 is 10.4 Å². The Balaban J connectivity index is 4.37. The van der Waals surface area contributed by atoms with E-state index in [0.29, 0.717) is 6.92 Å². The first-order chi connectivity index (χ1) is 7.11. The second kappa shape index (κ2) is 5.15. The molecule has 0 radical (unpaired) electrons. The van der Waals surface area contributed by atoms with E-state index in [0.717, 1.165) is 0 Å². The van der Waals surface area contributed by atoms with Gasteiger partial charge >= 0.3 is 12.1 Å². The Labute approximate surface area is 90.0 Å². The number of carboxylic acid groups (broad SMARTS) is 1. The number of amides is 1. The smallest absolute Gasteiger partial charge is 0.417 e. The molecule has 0 aromatic carbocycles. The van der Waals surface area contributed by atoms with Gasteiger partial charge in [-0.2, -0.15) is 13.2 Å². The standard InChI is InChI=1S/C8H13F3N2O3/c1-5(14)12-3-4-13-7(2,6(15)16)8(9,10)11/h13H,3-4H2,1-2H3,(H,12,14)(H,15,16). The maximum absolute atomic E-state index is 12.4. The molecule has 8 heteroatoms. The zero-order valence-electron chi connectivity index (χ0n) is 8.81. The Hall–Kier alpha value is -1.31. The zero-order valence-corrected chi connectivity index (χ0v) is 8.81. The Morgan fingerprint density at radius 3 is 2.06 bits per heavy atom. The number of rotatable bonds is 5. The number of hydrogen-bond acceptors (Lipinski definition) is 3. The third-order valence-corrected chi connectivity index (χ3v) is 1.97. The van der Waals surface area contributed by atoms with E-state index < -0.39 is 23.6 Å². The van der Waals surface area contributed by atoms with Crippen LogP contribution in [0, 0.1) is 0 Å². The lowest BCUT2D eigenvalue weighted by Crippen LogP contribution is -2.61. The Bertz CT molecular complexity index is 280. The average molecular weight is 242 g/mol. The van der Waals surface area contributed by atoms with Crippen LogP contribution in [0.1, 0.15) is 13.8 Å². The predicted octanol–water partition coefficient (Wildman–Crippen LogP) is 0.118. The predicted molar refractivity (Wildman–Crippen MR) is 48.8 cm³/mol. The molecule has 0 aromatic rings. The summed E-state index contributed by atoms with van der Waals surface area (Å²) in [5, 5.41) is 12.6. The summed E-state index contributed by atoms with van der Waals surface area (Å²) in [6.45, 7) is 1.37. The van der Waals surface area contributed by atoms with Gasteiger partial charge in [0.1, 0.15) is 0 Å². The Morgan fingerprint density at radius 1 is 1.25 bits per heavy atom. The first kappa shape index (κ1) is 14.7. The fourth-order valence-corrected chi connectivity index (χ4v) is 0.848. The van der Waals surface area contributed by atoms with Crippen LogP contribution in [-0.4, -0.2) is 41.8 Å². The van der Waals surface area contributed by atoms with Crippen LogP contribution in [0.15, 0.2) is 0 Å². The summed E-state index contributed by atoms with van der Waals surface area (Å²) in [5.41, 5.74) is -3.01. The fourth-order valence-electron chi connectivity index (χ4n) is 0.848. The topological polar surface area (TPSA) is 78.4 Å². The number of carbonyl (C=O) groups excluding carboxylic acids is 1. The van der Waals surface area contributed by atoms with E-state index in [4.69, 9.17) is 5.11 Å². The van der Waals surface area contributed by atoms with Gasteiger partial charge in [-0.25, -0.2) is 4.79 Å². The SMILES string of the molecule is CC(=O)NCCNC(C)(C(=O)O)C(F)(F)F. The molecule has 1 atom stereocenters. The van der Waals surface area contributed by atoms with Crippen LogP contribution >= 0.6 is 0 Å². The molecule has 0 aliphatic heterocycles. The van der Waals surface area contributed by atoms with E-state index in [1.165, 1.54) is 6.92 Å². The number of alkyl halides is 3. The molecular formula is C8H13F3N2O3. The van der Waals surface area contributed by atoms with E-state index in [9.17, 15) is 22.8 Å². The lowest BCUT2D eigenvalue weighted by atomic mass is 10.0. The first-order valence-electron chi connectivity index (χ1n) is 4.41. The molecule has 16 heavy (non-hydrogen) atoms. The molecular weight excluding hydrogens is 229 g/mol. The minimum atomic E-state index is -4.91. The molecule has 0 rings (SSSR count). The first-order valence-corrected chi connectivity index (χ1v) is 4.41. The zero-order chi connectivity index (χ0) is 13.0. The molecule has 0 saturated heterocycles. The van der Waals surface area contributed by atoms with Crippen LogP contribution in [0.4, 0.5) is 13.2 Å². The number of aliphatic carboxylic acids is 1. The normalized spacial score (nSPS) is 15.3. The van der Waals surface area contributed by atoms with Crippen molar-refractivity contribution in [3.05, 3.63) is 0 Å². The van der Waals surface area contributed by atoms with Gasteiger partial charge in [0, 0.05) is 20.0 Å². The van der Waals surface area contributed by atoms with Crippen molar-refractivity contribution in [3.63, 3.8) is 0 Å². The van der Waals surface area contributed by atoms with Crippen LogP contribution in [0.25, 0.3) is 0 Å². The van der Waals surface area contributed by atoms with Gasteiger partial charge in [0.2, 0.25) is 11.4 Å². The van der Waals surface area contributed by atoms with E-state index in [2.05, 4.69) is 5.32 Å². The van der Waals surface area contributed by atoms with Crippen molar-refractivity contribution >= 4 is 11.9 Å². The lowest BCUT2D eigenvalue weighted by Gasteiger charge is -2.28. The van der Waals surface area contributed by atoms with Crippen molar-refractivity contribution in [2.45, 2.75) is 25.6 Å².